The summed E-state index contributed by atoms with van der Waals surface area (Å²) in [7, 11) is 0. The second-order valence-corrected chi connectivity index (χ2v) is 3.68. The number of likely N-dealkylation sites (N-methyl/N-ethyl adjacent to an activating group) is 2. The highest BCUT2D eigenvalue weighted by Gasteiger charge is 2.14. The summed E-state index contributed by atoms with van der Waals surface area (Å²) in [6.07, 6.45) is 0. The van der Waals surface area contributed by atoms with Gasteiger partial charge in [0.2, 0.25) is 17.8 Å². The van der Waals surface area contributed by atoms with E-state index >= 15 is 0 Å². The summed E-state index contributed by atoms with van der Waals surface area (Å²) in [6, 6.07) is 0.166. The number of anilines is 2. The molecule has 0 radical (unpaired) electrons. The summed E-state index contributed by atoms with van der Waals surface area (Å²) in [5.41, 5.74) is 5.60. The van der Waals surface area contributed by atoms with Crippen LogP contribution in [0.15, 0.2) is 0 Å². The Balaban J connectivity index is 2.87. The van der Waals surface area contributed by atoms with Crippen molar-refractivity contribution in [3.8, 4) is 6.01 Å². The molecule has 1 aromatic heterocycles. The van der Waals surface area contributed by atoms with Gasteiger partial charge in [0.1, 0.15) is 0 Å². The normalized spacial score (nSPS) is 10.1. The third-order valence-electron chi connectivity index (χ3n) is 2.27. The van der Waals surface area contributed by atoms with Gasteiger partial charge in [0, 0.05) is 13.1 Å². The Morgan fingerprint density at radius 3 is 2.63 bits per heavy atom. The highest BCUT2D eigenvalue weighted by atomic mass is 16.5. The fraction of sp³-hybridized carbons (Fsp3) is 0.636. The summed E-state index contributed by atoms with van der Waals surface area (Å²) >= 11 is 0. The lowest BCUT2D eigenvalue weighted by atomic mass is 10.4. The van der Waals surface area contributed by atoms with Crippen LogP contribution in [0.5, 0.6) is 6.01 Å². The number of hydrogen-bond acceptors (Lipinski definition) is 7. The Bertz CT molecular complexity index is 426. The van der Waals surface area contributed by atoms with Crippen molar-refractivity contribution < 1.29 is 9.53 Å². The number of nitrogen functional groups attached to an aromatic ring is 1. The van der Waals surface area contributed by atoms with E-state index in [1.807, 2.05) is 20.8 Å². The SMILES string of the molecule is CCNC(=O)CN(CC)c1nc(N)nc(OCC)n1. The molecule has 1 rings (SSSR count). The third-order valence-corrected chi connectivity index (χ3v) is 2.27. The molecule has 0 aliphatic heterocycles. The van der Waals surface area contributed by atoms with E-state index < -0.39 is 0 Å². The van der Waals surface area contributed by atoms with Gasteiger partial charge in [-0.1, -0.05) is 0 Å². The van der Waals surface area contributed by atoms with E-state index in [1.165, 1.54) is 0 Å². The number of nitrogens with one attached hydrogen (secondary N) is 1. The molecule has 0 aliphatic rings. The van der Waals surface area contributed by atoms with E-state index in [2.05, 4.69) is 20.3 Å². The van der Waals surface area contributed by atoms with Gasteiger partial charge < -0.3 is 20.7 Å². The maximum absolute atomic E-state index is 11.6. The highest BCUT2D eigenvalue weighted by molar-refractivity contribution is 5.80. The van der Waals surface area contributed by atoms with Crippen molar-refractivity contribution in [1.29, 1.82) is 0 Å². The molecule has 3 N–H and O–H groups in total. The van der Waals surface area contributed by atoms with Crippen molar-refractivity contribution in [2.24, 2.45) is 0 Å². The van der Waals surface area contributed by atoms with E-state index in [-0.39, 0.29) is 24.4 Å². The second-order valence-electron chi connectivity index (χ2n) is 3.68. The first-order chi connectivity index (χ1) is 9.10. The van der Waals surface area contributed by atoms with Crippen LogP contribution in [0.1, 0.15) is 20.8 Å². The first kappa shape index (κ1) is 14.9. The number of carbonyl (C=O) groups excluding carboxylic acids is 1. The van der Waals surface area contributed by atoms with Gasteiger partial charge in [-0.2, -0.15) is 15.0 Å². The molecule has 0 bridgehead atoms. The molecular weight excluding hydrogens is 248 g/mol. The third kappa shape index (κ3) is 4.57. The predicted octanol–water partition coefficient (Wildman–Crippen LogP) is -0.185. The topological polar surface area (TPSA) is 106 Å². The van der Waals surface area contributed by atoms with E-state index in [0.29, 0.717) is 25.6 Å². The molecule has 8 nitrogen and oxygen atoms in total. The molecule has 0 spiro atoms. The number of hydrogen-bond donors (Lipinski definition) is 2. The maximum atomic E-state index is 11.6. The van der Waals surface area contributed by atoms with Crippen molar-refractivity contribution in [3.05, 3.63) is 0 Å². The highest BCUT2D eigenvalue weighted by Crippen LogP contribution is 2.13. The second kappa shape index (κ2) is 7.34. The molecule has 0 aliphatic carbocycles. The number of carbonyl (C=O) groups is 1. The molecule has 0 saturated carbocycles. The first-order valence-corrected chi connectivity index (χ1v) is 6.26. The minimum Gasteiger partial charge on any atom is -0.464 e. The molecule has 8 heteroatoms. The summed E-state index contributed by atoms with van der Waals surface area (Å²) in [6.45, 7) is 7.35. The lowest BCUT2D eigenvalue weighted by Crippen LogP contribution is -2.38. The minimum atomic E-state index is -0.0960. The van der Waals surface area contributed by atoms with Gasteiger partial charge in [-0.15, -0.1) is 0 Å². The predicted molar refractivity (Wildman–Crippen MR) is 72.0 cm³/mol. The number of ether oxygens (including phenoxy) is 1. The zero-order valence-electron chi connectivity index (χ0n) is 11.5. The Labute approximate surface area is 112 Å². The van der Waals surface area contributed by atoms with E-state index in [4.69, 9.17) is 10.5 Å². The van der Waals surface area contributed by atoms with Crippen LogP contribution in [-0.2, 0) is 4.79 Å². The van der Waals surface area contributed by atoms with Gasteiger partial charge in [0.05, 0.1) is 13.2 Å². The van der Waals surface area contributed by atoms with Crippen LogP contribution in [0, 0.1) is 0 Å². The van der Waals surface area contributed by atoms with Crippen molar-refractivity contribution in [2.75, 3.05) is 36.9 Å². The Morgan fingerprint density at radius 2 is 2.05 bits per heavy atom. The average Bonchev–Trinajstić information content (AvgIpc) is 2.36. The van der Waals surface area contributed by atoms with Gasteiger partial charge in [0.15, 0.2) is 0 Å². The molecule has 0 unspecified atom stereocenters. The van der Waals surface area contributed by atoms with Crippen LogP contribution >= 0.6 is 0 Å². The van der Waals surface area contributed by atoms with Crippen LogP contribution in [0.3, 0.4) is 0 Å². The molecule has 1 aromatic rings. The molecular formula is C11H20N6O2. The van der Waals surface area contributed by atoms with Crippen LogP contribution in [0.25, 0.3) is 0 Å². The molecule has 106 valence electrons. The number of amides is 1. The van der Waals surface area contributed by atoms with Crippen molar-refractivity contribution in [2.45, 2.75) is 20.8 Å². The van der Waals surface area contributed by atoms with E-state index in [0.717, 1.165) is 0 Å². The zero-order chi connectivity index (χ0) is 14.3. The standard InChI is InChI=1S/C11H20N6O2/c1-4-13-8(18)7-17(5-2)10-14-9(12)15-11(16-10)19-6-3/h4-7H2,1-3H3,(H,13,18)(H2,12,14,15,16). The molecule has 0 atom stereocenters. The molecule has 1 heterocycles. The van der Waals surface area contributed by atoms with Crippen LogP contribution in [0.2, 0.25) is 0 Å². The van der Waals surface area contributed by atoms with Crippen LogP contribution in [0.4, 0.5) is 11.9 Å². The molecule has 0 fully saturated rings. The monoisotopic (exact) mass is 268 g/mol. The molecule has 0 aromatic carbocycles. The van der Waals surface area contributed by atoms with E-state index in [9.17, 15) is 4.79 Å². The fourth-order valence-corrected chi connectivity index (χ4v) is 1.45. The lowest BCUT2D eigenvalue weighted by Gasteiger charge is -2.20. The lowest BCUT2D eigenvalue weighted by molar-refractivity contribution is -0.119. The summed E-state index contributed by atoms with van der Waals surface area (Å²) in [4.78, 5) is 25.3. The average molecular weight is 268 g/mol. The van der Waals surface area contributed by atoms with Gasteiger partial charge in [-0.05, 0) is 20.8 Å². The Kier molecular flexibility index (Phi) is 5.77. The fourth-order valence-electron chi connectivity index (χ4n) is 1.45. The summed E-state index contributed by atoms with van der Waals surface area (Å²) < 4.78 is 5.21. The number of aromatic nitrogens is 3. The minimum absolute atomic E-state index is 0.0720. The maximum Gasteiger partial charge on any atom is 0.323 e. The van der Waals surface area contributed by atoms with Gasteiger partial charge in [-0.25, -0.2) is 0 Å². The van der Waals surface area contributed by atoms with Crippen LogP contribution < -0.4 is 20.7 Å². The quantitative estimate of drug-likeness (QED) is 0.706. The van der Waals surface area contributed by atoms with E-state index in [1.54, 1.807) is 4.90 Å². The van der Waals surface area contributed by atoms with Crippen molar-refractivity contribution in [3.63, 3.8) is 0 Å². The Morgan fingerprint density at radius 1 is 1.32 bits per heavy atom. The van der Waals surface area contributed by atoms with Crippen molar-refractivity contribution >= 4 is 17.8 Å². The van der Waals surface area contributed by atoms with Crippen molar-refractivity contribution in [1.82, 2.24) is 20.3 Å². The van der Waals surface area contributed by atoms with Gasteiger partial charge in [-0.3, -0.25) is 4.79 Å². The first-order valence-electron chi connectivity index (χ1n) is 6.26. The molecule has 19 heavy (non-hydrogen) atoms. The molecule has 1 amide bonds. The summed E-state index contributed by atoms with van der Waals surface area (Å²) in [5.74, 6) is 0.314. The van der Waals surface area contributed by atoms with Gasteiger partial charge >= 0.3 is 6.01 Å². The number of nitrogens with two attached hydrogens (primary N) is 1. The number of rotatable bonds is 7. The number of nitrogens with zero attached hydrogens (tertiary/aromatic N) is 4. The molecule has 0 saturated heterocycles. The van der Waals surface area contributed by atoms with Gasteiger partial charge in [0.25, 0.3) is 0 Å². The zero-order valence-corrected chi connectivity index (χ0v) is 11.5. The van der Waals surface area contributed by atoms with Crippen LogP contribution in [-0.4, -0.2) is 47.1 Å². The smallest absolute Gasteiger partial charge is 0.323 e. The summed E-state index contributed by atoms with van der Waals surface area (Å²) in [5, 5.41) is 2.72. The largest absolute Gasteiger partial charge is 0.464 e. The Hall–Kier alpha value is -2.12.